The van der Waals surface area contributed by atoms with E-state index in [9.17, 15) is 18.0 Å². The molecule has 0 N–H and O–H groups in total. The van der Waals surface area contributed by atoms with Crippen molar-refractivity contribution in [1.82, 2.24) is 9.88 Å². The van der Waals surface area contributed by atoms with E-state index in [4.69, 9.17) is 16.0 Å². The van der Waals surface area contributed by atoms with Crippen LogP contribution in [0.5, 0.6) is 5.88 Å². The van der Waals surface area contributed by atoms with Gasteiger partial charge in [-0.25, -0.2) is 4.98 Å². The minimum atomic E-state index is -4.50. The van der Waals surface area contributed by atoms with Crippen molar-refractivity contribution in [3.05, 3.63) is 47.0 Å². The van der Waals surface area contributed by atoms with Gasteiger partial charge < -0.3 is 14.1 Å². The Bertz CT molecular complexity index is 674. The van der Waals surface area contributed by atoms with Crippen molar-refractivity contribution in [2.45, 2.75) is 12.7 Å². The molecule has 0 aliphatic carbocycles. The van der Waals surface area contributed by atoms with E-state index in [1.165, 1.54) is 17.2 Å². The van der Waals surface area contributed by atoms with Gasteiger partial charge in [0.05, 0.1) is 18.4 Å². The summed E-state index contributed by atoms with van der Waals surface area (Å²) in [6.45, 7) is -1.28. The third kappa shape index (κ3) is 4.88. The maximum absolute atomic E-state index is 12.2. The largest absolute Gasteiger partial charge is 0.467 e. The van der Waals surface area contributed by atoms with Crippen LogP contribution in [0.15, 0.2) is 35.1 Å². The number of amides is 1. The molecule has 0 bridgehead atoms. The van der Waals surface area contributed by atoms with Gasteiger partial charge in [0.2, 0.25) is 5.88 Å². The molecule has 2 aromatic rings. The number of aromatic nitrogens is 1. The molecule has 23 heavy (non-hydrogen) atoms. The molecule has 0 radical (unpaired) electrons. The number of halogens is 4. The standard InChI is InChI=1S/C14H12ClF3N2O3/c1-20(7-10-3-2-4-22-10)13(21)9-5-11(15)12(19-6-9)23-8-14(16,17)18/h2-6H,7-8H2,1H3. The quantitative estimate of drug-likeness (QED) is 0.829. The molecular formula is C14H12ClF3N2O3. The monoisotopic (exact) mass is 348 g/mol. The molecule has 2 aromatic heterocycles. The second-order valence-corrected chi connectivity index (χ2v) is 5.06. The number of ether oxygens (including phenoxy) is 1. The lowest BCUT2D eigenvalue weighted by Gasteiger charge is -2.16. The van der Waals surface area contributed by atoms with Gasteiger partial charge in [0.25, 0.3) is 5.91 Å². The van der Waals surface area contributed by atoms with Gasteiger partial charge in [-0.3, -0.25) is 4.79 Å². The van der Waals surface area contributed by atoms with Crippen LogP contribution in [0.1, 0.15) is 16.1 Å². The summed E-state index contributed by atoms with van der Waals surface area (Å²) in [5.41, 5.74) is 0.128. The fourth-order valence-electron chi connectivity index (χ4n) is 1.73. The summed E-state index contributed by atoms with van der Waals surface area (Å²) in [5, 5.41) is -0.175. The van der Waals surface area contributed by atoms with Crippen molar-refractivity contribution in [2.24, 2.45) is 0 Å². The average molecular weight is 349 g/mol. The third-order valence-corrected chi connectivity index (χ3v) is 3.02. The second kappa shape index (κ2) is 6.91. The molecule has 1 amide bonds. The van der Waals surface area contributed by atoms with Crippen LogP contribution in [0.3, 0.4) is 0 Å². The summed E-state index contributed by atoms with van der Waals surface area (Å²) >= 11 is 5.81. The number of hydrogen-bond donors (Lipinski definition) is 0. The number of carbonyl (C=O) groups is 1. The molecule has 124 valence electrons. The number of carbonyl (C=O) groups excluding carboxylic acids is 1. The van der Waals surface area contributed by atoms with Crippen molar-refractivity contribution in [1.29, 1.82) is 0 Å². The van der Waals surface area contributed by atoms with E-state index in [0.29, 0.717) is 5.76 Å². The summed E-state index contributed by atoms with van der Waals surface area (Å²) in [4.78, 5) is 17.2. The third-order valence-electron chi connectivity index (χ3n) is 2.75. The molecule has 0 spiro atoms. The second-order valence-electron chi connectivity index (χ2n) is 4.66. The first kappa shape index (κ1) is 17.1. The maximum atomic E-state index is 12.2. The zero-order chi connectivity index (χ0) is 17.0. The molecule has 2 rings (SSSR count). The molecule has 0 fully saturated rings. The predicted molar refractivity (Wildman–Crippen MR) is 75.3 cm³/mol. The first-order valence-corrected chi connectivity index (χ1v) is 6.77. The topological polar surface area (TPSA) is 55.6 Å². The van der Waals surface area contributed by atoms with Gasteiger partial charge in [0, 0.05) is 13.2 Å². The normalized spacial score (nSPS) is 11.3. The highest BCUT2D eigenvalue weighted by atomic mass is 35.5. The highest BCUT2D eigenvalue weighted by Crippen LogP contribution is 2.25. The average Bonchev–Trinajstić information content (AvgIpc) is 2.97. The van der Waals surface area contributed by atoms with E-state index in [-0.39, 0.29) is 23.0 Å². The van der Waals surface area contributed by atoms with Gasteiger partial charge in [-0.05, 0) is 18.2 Å². The van der Waals surface area contributed by atoms with E-state index in [1.54, 1.807) is 19.2 Å². The van der Waals surface area contributed by atoms with Crippen molar-refractivity contribution < 1.29 is 27.1 Å². The van der Waals surface area contributed by atoms with Crippen LogP contribution in [-0.4, -0.2) is 35.6 Å². The number of alkyl halides is 3. The zero-order valence-corrected chi connectivity index (χ0v) is 12.7. The highest BCUT2D eigenvalue weighted by Gasteiger charge is 2.29. The molecule has 9 heteroatoms. The van der Waals surface area contributed by atoms with E-state index < -0.39 is 18.7 Å². The summed E-state index contributed by atoms with van der Waals surface area (Å²) < 4.78 is 45.9. The van der Waals surface area contributed by atoms with Crippen LogP contribution in [0, 0.1) is 0 Å². The number of furan rings is 1. The molecule has 0 aliphatic rings. The maximum Gasteiger partial charge on any atom is 0.422 e. The fourth-order valence-corrected chi connectivity index (χ4v) is 1.95. The number of pyridine rings is 1. The van der Waals surface area contributed by atoms with Crippen LogP contribution < -0.4 is 4.74 Å². The lowest BCUT2D eigenvalue weighted by atomic mass is 10.2. The Labute approximate surface area is 134 Å². The molecule has 0 aromatic carbocycles. The zero-order valence-electron chi connectivity index (χ0n) is 11.9. The number of hydrogen-bond acceptors (Lipinski definition) is 4. The van der Waals surface area contributed by atoms with Crippen LogP contribution in [0.2, 0.25) is 5.02 Å². The summed E-state index contributed by atoms with van der Waals surface area (Å²) in [6, 6.07) is 4.61. The van der Waals surface area contributed by atoms with Gasteiger partial charge >= 0.3 is 6.18 Å². The Kier molecular flexibility index (Phi) is 5.15. The minimum Gasteiger partial charge on any atom is -0.467 e. The predicted octanol–water partition coefficient (Wildman–Crippen LogP) is 3.54. The first-order chi connectivity index (χ1) is 10.8. The van der Waals surface area contributed by atoms with Crippen molar-refractivity contribution >= 4 is 17.5 Å². The Hall–Kier alpha value is -2.22. The van der Waals surface area contributed by atoms with Crippen molar-refractivity contribution in [3.63, 3.8) is 0 Å². The molecule has 0 saturated heterocycles. The van der Waals surface area contributed by atoms with Crippen LogP contribution in [0.4, 0.5) is 13.2 Å². The molecule has 2 heterocycles. The van der Waals surface area contributed by atoms with Crippen LogP contribution in [0.25, 0.3) is 0 Å². The summed E-state index contributed by atoms with van der Waals surface area (Å²) in [6.07, 6.45) is -1.90. The van der Waals surface area contributed by atoms with Crippen LogP contribution >= 0.6 is 11.6 Å². The summed E-state index contributed by atoms with van der Waals surface area (Å²) in [7, 11) is 1.55. The van der Waals surface area contributed by atoms with Crippen LogP contribution in [-0.2, 0) is 6.54 Å². The molecular weight excluding hydrogens is 337 g/mol. The van der Waals surface area contributed by atoms with E-state index in [2.05, 4.69) is 9.72 Å². The lowest BCUT2D eigenvalue weighted by Crippen LogP contribution is -2.26. The molecule has 0 atom stereocenters. The first-order valence-electron chi connectivity index (χ1n) is 6.39. The number of nitrogens with zero attached hydrogens (tertiary/aromatic N) is 2. The Morgan fingerprint density at radius 1 is 1.48 bits per heavy atom. The van der Waals surface area contributed by atoms with E-state index in [0.717, 1.165) is 6.20 Å². The van der Waals surface area contributed by atoms with Gasteiger partial charge in [-0.2, -0.15) is 13.2 Å². The van der Waals surface area contributed by atoms with Crippen molar-refractivity contribution in [3.8, 4) is 5.88 Å². The van der Waals surface area contributed by atoms with Gasteiger partial charge in [-0.1, -0.05) is 11.6 Å². The van der Waals surface area contributed by atoms with Gasteiger partial charge in [-0.15, -0.1) is 0 Å². The highest BCUT2D eigenvalue weighted by molar-refractivity contribution is 6.32. The van der Waals surface area contributed by atoms with Crippen molar-refractivity contribution in [2.75, 3.05) is 13.7 Å². The molecule has 0 aliphatic heterocycles. The minimum absolute atomic E-state index is 0.128. The molecule has 5 nitrogen and oxygen atoms in total. The lowest BCUT2D eigenvalue weighted by molar-refractivity contribution is -0.154. The van der Waals surface area contributed by atoms with Gasteiger partial charge in [0.15, 0.2) is 6.61 Å². The Balaban J connectivity index is 2.05. The Morgan fingerprint density at radius 3 is 2.78 bits per heavy atom. The summed E-state index contributed by atoms with van der Waals surface area (Å²) in [5.74, 6) is -0.197. The Morgan fingerprint density at radius 2 is 2.22 bits per heavy atom. The SMILES string of the molecule is CN(Cc1ccco1)C(=O)c1cnc(OCC(F)(F)F)c(Cl)c1. The number of rotatable bonds is 5. The molecule has 0 unspecified atom stereocenters. The van der Waals surface area contributed by atoms with Gasteiger partial charge in [0.1, 0.15) is 10.8 Å². The van der Waals surface area contributed by atoms with E-state index >= 15 is 0 Å². The van der Waals surface area contributed by atoms with E-state index in [1.807, 2.05) is 0 Å². The molecule has 0 saturated carbocycles. The fraction of sp³-hybridized carbons (Fsp3) is 0.286. The smallest absolute Gasteiger partial charge is 0.422 e.